The van der Waals surface area contributed by atoms with Gasteiger partial charge in [-0.15, -0.1) is 0 Å². The zero-order chi connectivity index (χ0) is 13.4. The van der Waals surface area contributed by atoms with Gasteiger partial charge < -0.3 is 5.73 Å². The van der Waals surface area contributed by atoms with Gasteiger partial charge in [0, 0.05) is 30.7 Å². The summed E-state index contributed by atoms with van der Waals surface area (Å²) in [7, 11) is 0. The number of hydrogen-bond donors (Lipinski definition) is 1. The smallest absolute Gasteiger partial charge is 0.229 e. The maximum absolute atomic E-state index is 12.0. The molecule has 0 saturated carbocycles. The van der Waals surface area contributed by atoms with Crippen LogP contribution in [0.5, 0.6) is 0 Å². The highest BCUT2D eigenvalue weighted by molar-refractivity contribution is 6.04. The molecule has 3 heterocycles. The lowest BCUT2D eigenvalue weighted by molar-refractivity contribution is -0.123. The molecule has 96 valence electrons. The molecule has 0 aromatic carbocycles. The van der Waals surface area contributed by atoms with Crippen LogP contribution in [0, 0.1) is 5.92 Å². The number of nitrogens with two attached hydrogens (primary N) is 1. The van der Waals surface area contributed by atoms with E-state index in [4.69, 9.17) is 5.73 Å². The number of carbonyl (C=O) groups is 2. The molecule has 0 radical (unpaired) electrons. The van der Waals surface area contributed by atoms with Crippen LogP contribution in [-0.2, 0) is 9.59 Å². The molecule has 1 atom stereocenters. The number of rotatable bonds is 2. The van der Waals surface area contributed by atoms with Crippen LogP contribution in [0.2, 0.25) is 0 Å². The summed E-state index contributed by atoms with van der Waals surface area (Å²) in [4.78, 5) is 33.2. The molecule has 2 aromatic heterocycles. The number of amides is 2. The van der Waals surface area contributed by atoms with Gasteiger partial charge >= 0.3 is 0 Å². The summed E-state index contributed by atoms with van der Waals surface area (Å²) in [6.07, 6.45) is 3.42. The molecule has 1 aliphatic rings. The van der Waals surface area contributed by atoms with E-state index in [1.54, 1.807) is 12.4 Å². The van der Waals surface area contributed by atoms with Crippen LogP contribution in [0.25, 0.3) is 10.9 Å². The highest BCUT2D eigenvalue weighted by atomic mass is 16.2. The predicted molar refractivity (Wildman–Crippen MR) is 69.2 cm³/mol. The highest BCUT2D eigenvalue weighted by Crippen LogP contribution is 2.28. The molecule has 2 N–H and O–H groups in total. The molecule has 0 bridgehead atoms. The average Bonchev–Trinajstić information content (AvgIpc) is 2.80. The van der Waals surface area contributed by atoms with E-state index in [0.717, 1.165) is 5.39 Å². The summed E-state index contributed by atoms with van der Waals surface area (Å²) < 4.78 is 0. The van der Waals surface area contributed by atoms with Crippen LogP contribution in [0.1, 0.15) is 6.42 Å². The lowest BCUT2D eigenvalue weighted by Crippen LogP contribution is -2.29. The van der Waals surface area contributed by atoms with Crippen LogP contribution < -0.4 is 10.6 Å². The van der Waals surface area contributed by atoms with Gasteiger partial charge in [-0.1, -0.05) is 6.07 Å². The summed E-state index contributed by atoms with van der Waals surface area (Å²) in [5.74, 6) is -0.557. The Morgan fingerprint density at radius 3 is 2.89 bits per heavy atom. The largest absolute Gasteiger partial charge is 0.369 e. The second-order valence-corrected chi connectivity index (χ2v) is 4.52. The highest BCUT2D eigenvalue weighted by Gasteiger charge is 2.35. The Hall–Kier alpha value is -2.50. The monoisotopic (exact) mass is 256 g/mol. The van der Waals surface area contributed by atoms with E-state index < -0.39 is 11.8 Å². The van der Waals surface area contributed by atoms with Crippen molar-refractivity contribution < 1.29 is 9.59 Å². The van der Waals surface area contributed by atoms with Gasteiger partial charge in [0.15, 0.2) is 5.82 Å². The normalized spacial score (nSPS) is 19.1. The van der Waals surface area contributed by atoms with Gasteiger partial charge in [0.2, 0.25) is 11.8 Å². The van der Waals surface area contributed by atoms with Crippen molar-refractivity contribution in [2.24, 2.45) is 11.7 Å². The summed E-state index contributed by atoms with van der Waals surface area (Å²) >= 11 is 0. The molecule has 19 heavy (non-hydrogen) atoms. The van der Waals surface area contributed by atoms with Gasteiger partial charge in [-0.05, 0) is 12.1 Å². The first-order chi connectivity index (χ1) is 9.16. The van der Waals surface area contributed by atoms with Crippen LogP contribution in [0.15, 0.2) is 30.6 Å². The molecule has 2 amide bonds. The minimum Gasteiger partial charge on any atom is -0.369 e. The van der Waals surface area contributed by atoms with E-state index in [-0.39, 0.29) is 18.9 Å². The summed E-state index contributed by atoms with van der Waals surface area (Å²) in [5.41, 5.74) is 5.92. The Balaban J connectivity index is 2.05. The second-order valence-electron chi connectivity index (χ2n) is 4.52. The number of pyridine rings is 2. The molecule has 2 aromatic rings. The van der Waals surface area contributed by atoms with Crippen LogP contribution in [0.4, 0.5) is 5.82 Å². The molecular formula is C13H12N4O2. The van der Waals surface area contributed by atoms with Crippen molar-refractivity contribution in [3.8, 4) is 0 Å². The summed E-state index contributed by atoms with van der Waals surface area (Å²) in [5, 5.41) is 0.905. The predicted octanol–water partition coefficient (Wildman–Crippen LogP) is 0.468. The van der Waals surface area contributed by atoms with Gasteiger partial charge in [-0.3, -0.25) is 19.5 Å². The van der Waals surface area contributed by atoms with Crippen molar-refractivity contribution in [3.63, 3.8) is 0 Å². The van der Waals surface area contributed by atoms with Crippen LogP contribution in [-0.4, -0.2) is 28.3 Å². The lowest BCUT2D eigenvalue weighted by Gasteiger charge is -2.16. The number of anilines is 1. The fourth-order valence-electron chi connectivity index (χ4n) is 2.29. The third-order valence-corrected chi connectivity index (χ3v) is 3.28. The maximum Gasteiger partial charge on any atom is 0.229 e. The molecular weight excluding hydrogens is 244 g/mol. The minimum atomic E-state index is -0.455. The fourth-order valence-corrected chi connectivity index (χ4v) is 2.29. The van der Waals surface area contributed by atoms with E-state index >= 15 is 0 Å². The molecule has 6 nitrogen and oxygen atoms in total. The van der Waals surface area contributed by atoms with Gasteiger partial charge in [-0.25, -0.2) is 4.98 Å². The number of primary amides is 1. The van der Waals surface area contributed by atoms with E-state index in [2.05, 4.69) is 9.97 Å². The summed E-state index contributed by atoms with van der Waals surface area (Å²) in [6, 6.07) is 5.56. The van der Waals surface area contributed by atoms with Gasteiger partial charge in [0.05, 0.1) is 5.92 Å². The van der Waals surface area contributed by atoms with E-state index in [1.807, 2.05) is 18.2 Å². The molecule has 1 saturated heterocycles. The Bertz CT molecular complexity index is 665. The first-order valence-electron chi connectivity index (χ1n) is 5.96. The van der Waals surface area contributed by atoms with Crippen LogP contribution >= 0.6 is 0 Å². The Kier molecular flexibility index (Phi) is 2.63. The van der Waals surface area contributed by atoms with Crippen molar-refractivity contribution in [3.05, 3.63) is 30.6 Å². The Morgan fingerprint density at radius 1 is 1.32 bits per heavy atom. The lowest BCUT2D eigenvalue weighted by atomic mass is 10.1. The topological polar surface area (TPSA) is 89.2 Å². The Labute approximate surface area is 109 Å². The second kappa shape index (κ2) is 4.31. The third-order valence-electron chi connectivity index (χ3n) is 3.28. The average molecular weight is 256 g/mol. The zero-order valence-electron chi connectivity index (χ0n) is 10.1. The molecule has 1 unspecified atom stereocenters. The summed E-state index contributed by atoms with van der Waals surface area (Å²) in [6.45, 7) is 0.275. The minimum absolute atomic E-state index is 0.139. The van der Waals surface area contributed by atoms with E-state index in [9.17, 15) is 9.59 Å². The first kappa shape index (κ1) is 11.6. The molecule has 0 aliphatic carbocycles. The number of hydrogen-bond acceptors (Lipinski definition) is 4. The van der Waals surface area contributed by atoms with Gasteiger partial charge in [-0.2, -0.15) is 0 Å². The van der Waals surface area contributed by atoms with Crippen molar-refractivity contribution in [1.82, 2.24) is 9.97 Å². The zero-order valence-corrected chi connectivity index (χ0v) is 10.1. The molecule has 0 spiro atoms. The standard InChI is InChI=1S/C13H12N4O2/c14-12(19)9-6-10(18)17(7-9)13-11-8(3-5-16-13)2-1-4-15-11/h1-5,9H,6-7H2,(H2,14,19). The third kappa shape index (κ3) is 1.91. The van der Waals surface area contributed by atoms with Crippen molar-refractivity contribution in [2.45, 2.75) is 6.42 Å². The maximum atomic E-state index is 12.0. The van der Waals surface area contributed by atoms with Gasteiger partial charge in [0.1, 0.15) is 5.52 Å². The number of aromatic nitrogens is 2. The Morgan fingerprint density at radius 2 is 2.16 bits per heavy atom. The van der Waals surface area contributed by atoms with Crippen molar-refractivity contribution in [2.75, 3.05) is 11.4 Å². The molecule has 3 rings (SSSR count). The van der Waals surface area contributed by atoms with Gasteiger partial charge in [0.25, 0.3) is 0 Å². The van der Waals surface area contributed by atoms with Crippen molar-refractivity contribution >= 4 is 28.5 Å². The molecule has 1 fully saturated rings. The SMILES string of the molecule is NC(=O)C1CC(=O)N(c2nccc3cccnc23)C1. The number of fused-ring (bicyclic) bond motifs is 1. The number of nitrogens with zero attached hydrogens (tertiary/aromatic N) is 3. The number of carbonyl (C=O) groups excluding carboxylic acids is 2. The van der Waals surface area contributed by atoms with Crippen LogP contribution in [0.3, 0.4) is 0 Å². The quantitative estimate of drug-likeness (QED) is 0.845. The first-order valence-corrected chi connectivity index (χ1v) is 5.96. The molecule has 1 aliphatic heterocycles. The van der Waals surface area contributed by atoms with E-state index in [1.165, 1.54) is 4.90 Å². The fraction of sp³-hybridized carbons (Fsp3) is 0.231. The van der Waals surface area contributed by atoms with Crippen molar-refractivity contribution in [1.29, 1.82) is 0 Å². The molecule has 6 heteroatoms. The van der Waals surface area contributed by atoms with E-state index in [0.29, 0.717) is 11.3 Å².